The second kappa shape index (κ2) is 10.5. The third kappa shape index (κ3) is 7.96. The van der Waals surface area contributed by atoms with E-state index in [1.165, 1.54) is 19.3 Å². The Morgan fingerprint density at radius 2 is 1.76 bits per heavy atom. The van der Waals surface area contributed by atoms with Gasteiger partial charge in [-0.05, 0) is 62.4 Å². The Hall–Kier alpha value is -1.22. The molecule has 0 spiro atoms. The van der Waals surface area contributed by atoms with Gasteiger partial charge >= 0.3 is 0 Å². The normalized spacial score (nSPS) is 12.4. The molecule has 0 amide bonds. The van der Waals surface area contributed by atoms with Crippen molar-refractivity contribution in [2.45, 2.75) is 52.5 Å². The van der Waals surface area contributed by atoms with E-state index < -0.39 is 0 Å². The summed E-state index contributed by atoms with van der Waals surface area (Å²) in [5, 5.41) is 3.64. The highest BCUT2D eigenvalue weighted by Crippen LogP contribution is 2.17. The molecule has 1 aromatic carbocycles. The molecular weight excluding hydrogens is 262 g/mol. The monoisotopic (exact) mass is 293 g/mol. The number of methoxy groups -OCH3 is 1. The van der Waals surface area contributed by atoms with Crippen LogP contribution in [0.2, 0.25) is 0 Å². The fraction of sp³-hybridized carbons (Fsp3) is 0.667. The fourth-order valence-corrected chi connectivity index (χ4v) is 2.41. The van der Waals surface area contributed by atoms with E-state index in [1.807, 2.05) is 24.3 Å². The molecule has 0 saturated heterocycles. The van der Waals surface area contributed by atoms with Crippen molar-refractivity contribution in [2.24, 2.45) is 5.92 Å². The lowest BCUT2D eigenvalue weighted by molar-refractivity contribution is 0.287. The predicted octanol–water partition coefficient (Wildman–Crippen LogP) is 4.27. The Kier molecular flexibility index (Phi) is 8.91. The minimum Gasteiger partial charge on any atom is -0.497 e. The number of hydrogen-bond donors (Lipinski definition) is 1. The third-order valence-electron chi connectivity index (χ3n) is 3.46. The van der Waals surface area contributed by atoms with Crippen molar-refractivity contribution >= 4 is 0 Å². The highest BCUT2D eigenvalue weighted by Gasteiger charge is 2.09. The standard InChI is InChI=1S/C18H31NO2/c1-5-12-19-16(14-15(2)3)7-6-13-21-18-10-8-17(20-4)9-11-18/h8-11,15-16,19H,5-7,12-14H2,1-4H3. The zero-order valence-corrected chi connectivity index (χ0v) is 14.0. The summed E-state index contributed by atoms with van der Waals surface area (Å²) in [6.07, 6.45) is 4.69. The summed E-state index contributed by atoms with van der Waals surface area (Å²) < 4.78 is 10.9. The average molecular weight is 293 g/mol. The first-order valence-corrected chi connectivity index (χ1v) is 8.16. The van der Waals surface area contributed by atoms with E-state index in [0.717, 1.165) is 37.0 Å². The maximum Gasteiger partial charge on any atom is 0.119 e. The molecule has 0 radical (unpaired) electrons. The zero-order valence-electron chi connectivity index (χ0n) is 14.0. The summed E-state index contributed by atoms with van der Waals surface area (Å²) in [6, 6.07) is 8.39. The van der Waals surface area contributed by atoms with Gasteiger partial charge in [-0.15, -0.1) is 0 Å². The van der Waals surface area contributed by atoms with Gasteiger partial charge in [0.15, 0.2) is 0 Å². The lowest BCUT2D eigenvalue weighted by atomic mass is 10.00. The molecule has 1 rings (SSSR count). The smallest absolute Gasteiger partial charge is 0.119 e. The molecule has 120 valence electrons. The first-order chi connectivity index (χ1) is 10.2. The number of benzene rings is 1. The molecule has 0 aliphatic heterocycles. The summed E-state index contributed by atoms with van der Waals surface area (Å²) in [4.78, 5) is 0. The molecule has 3 nitrogen and oxygen atoms in total. The summed E-state index contributed by atoms with van der Waals surface area (Å²) >= 11 is 0. The van der Waals surface area contributed by atoms with Gasteiger partial charge < -0.3 is 14.8 Å². The molecule has 0 aromatic heterocycles. The van der Waals surface area contributed by atoms with E-state index in [0.29, 0.717) is 6.04 Å². The van der Waals surface area contributed by atoms with Crippen molar-refractivity contribution in [3.63, 3.8) is 0 Å². The molecule has 0 bridgehead atoms. The van der Waals surface area contributed by atoms with Crippen LogP contribution in [-0.4, -0.2) is 26.3 Å². The molecule has 0 saturated carbocycles. The Bertz CT molecular complexity index is 362. The van der Waals surface area contributed by atoms with Gasteiger partial charge in [0.1, 0.15) is 11.5 Å². The number of rotatable bonds is 11. The molecule has 0 fully saturated rings. The maximum absolute atomic E-state index is 5.78. The number of hydrogen-bond acceptors (Lipinski definition) is 3. The van der Waals surface area contributed by atoms with Crippen molar-refractivity contribution in [3.05, 3.63) is 24.3 Å². The van der Waals surface area contributed by atoms with E-state index >= 15 is 0 Å². The Balaban J connectivity index is 2.25. The van der Waals surface area contributed by atoms with Crippen molar-refractivity contribution in [1.29, 1.82) is 0 Å². The van der Waals surface area contributed by atoms with Gasteiger partial charge in [-0.3, -0.25) is 0 Å². The van der Waals surface area contributed by atoms with E-state index in [-0.39, 0.29) is 0 Å². The summed E-state index contributed by atoms with van der Waals surface area (Å²) in [5.74, 6) is 2.52. The fourth-order valence-electron chi connectivity index (χ4n) is 2.41. The first-order valence-electron chi connectivity index (χ1n) is 8.16. The molecule has 1 N–H and O–H groups in total. The van der Waals surface area contributed by atoms with Crippen molar-refractivity contribution < 1.29 is 9.47 Å². The van der Waals surface area contributed by atoms with Crippen LogP contribution in [0, 0.1) is 5.92 Å². The van der Waals surface area contributed by atoms with Crippen LogP contribution in [0.25, 0.3) is 0 Å². The SMILES string of the molecule is CCCNC(CCCOc1ccc(OC)cc1)CC(C)C. The van der Waals surface area contributed by atoms with Crippen LogP contribution in [-0.2, 0) is 0 Å². The Morgan fingerprint density at radius 1 is 1.10 bits per heavy atom. The minimum absolute atomic E-state index is 0.615. The molecular formula is C18H31NO2. The molecule has 1 atom stereocenters. The first kappa shape index (κ1) is 17.8. The summed E-state index contributed by atoms with van der Waals surface area (Å²) in [5.41, 5.74) is 0. The van der Waals surface area contributed by atoms with Crippen molar-refractivity contribution in [2.75, 3.05) is 20.3 Å². The Morgan fingerprint density at radius 3 is 2.33 bits per heavy atom. The van der Waals surface area contributed by atoms with Gasteiger partial charge in [-0.25, -0.2) is 0 Å². The van der Waals surface area contributed by atoms with Crippen molar-refractivity contribution in [1.82, 2.24) is 5.32 Å². The van der Waals surface area contributed by atoms with Crippen molar-refractivity contribution in [3.8, 4) is 11.5 Å². The number of ether oxygens (including phenoxy) is 2. The van der Waals surface area contributed by atoms with Crippen LogP contribution in [0.1, 0.15) is 46.5 Å². The molecule has 1 unspecified atom stereocenters. The summed E-state index contributed by atoms with van der Waals surface area (Å²) in [6.45, 7) is 8.67. The van der Waals surface area contributed by atoms with Crippen LogP contribution in [0.4, 0.5) is 0 Å². The molecule has 1 aromatic rings. The highest BCUT2D eigenvalue weighted by atomic mass is 16.5. The lowest BCUT2D eigenvalue weighted by Gasteiger charge is -2.20. The van der Waals surface area contributed by atoms with E-state index in [2.05, 4.69) is 26.1 Å². The van der Waals surface area contributed by atoms with Crippen LogP contribution in [0.5, 0.6) is 11.5 Å². The maximum atomic E-state index is 5.78. The van der Waals surface area contributed by atoms with Crippen LogP contribution < -0.4 is 14.8 Å². The Labute approximate surface area is 130 Å². The largest absolute Gasteiger partial charge is 0.497 e. The highest BCUT2D eigenvalue weighted by molar-refractivity contribution is 5.31. The van der Waals surface area contributed by atoms with Gasteiger partial charge in [0.25, 0.3) is 0 Å². The molecule has 0 heterocycles. The third-order valence-corrected chi connectivity index (χ3v) is 3.46. The average Bonchev–Trinajstić information content (AvgIpc) is 2.49. The second-order valence-electron chi connectivity index (χ2n) is 5.95. The number of nitrogens with one attached hydrogen (secondary N) is 1. The van der Waals surface area contributed by atoms with E-state index in [4.69, 9.17) is 9.47 Å². The van der Waals surface area contributed by atoms with E-state index in [1.54, 1.807) is 7.11 Å². The van der Waals surface area contributed by atoms with Gasteiger partial charge in [-0.2, -0.15) is 0 Å². The van der Waals surface area contributed by atoms with Gasteiger partial charge in [0.2, 0.25) is 0 Å². The summed E-state index contributed by atoms with van der Waals surface area (Å²) in [7, 11) is 1.67. The topological polar surface area (TPSA) is 30.5 Å². The van der Waals surface area contributed by atoms with Crippen LogP contribution in [0.3, 0.4) is 0 Å². The van der Waals surface area contributed by atoms with Gasteiger partial charge in [-0.1, -0.05) is 20.8 Å². The molecule has 21 heavy (non-hydrogen) atoms. The molecule has 3 heteroatoms. The predicted molar refractivity (Wildman–Crippen MR) is 89.3 cm³/mol. The van der Waals surface area contributed by atoms with Gasteiger partial charge in [0, 0.05) is 6.04 Å². The molecule has 0 aliphatic rings. The second-order valence-corrected chi connectivity index (χ2v) is 5.95. The molecule has 0 aliphatic carbocycles. The lowest BCUT2D eigenvalue weighted by Crippen LogP contribution is -2.31. The van der Waals surface area contributed by atoms with E-state index in [9.17, 15) is 0 Å². The minimum atomic E-state index is 0.615. The van der Waals surface area contributed by atoms with Gasteiger partial charge in [0.05, 0.1) is 13.7 Å². The van der Waals surface area contributed by atoms with Crippen LogP contribution >= 0.6 is 0 Å². The zero-order chi connectivity index (χ0) is 15.5. The van der Waals surface area contributed by atoms with Crippen LogP contribution in [0.15, 0.2) is 24.3 Å². The quantitative estimate of drug-likeness (QED) is 0.618.